The summed E-state index contributed by atoms with van der Waals surface area (Å²) in [6.45, 7) is 1.16. The molecule has 1 aliphatic rings. The largest absolute Gasteiger partial charge is 0.454 e. The Bertz CT molecular complexity index is 674. The average molecular weight is 321 g/mol. The summed E-state index contributed by atoms with van der Waals surface area (Å²) in [5, 5.41) is 8.21. The van der Waals surface area contributed by atoms with E-state index in [-0.39, 0.29) is 12.7 Å². The number of ether oxygens (including phenoxy) is 3. The zero-order valence-electron chi connectivity index (χ0n) is 11.9. The van der Waals surface area contributed by atoms with Crippen molar-refractivity contribution in [2.45, 2.75) is 0 Å². The maximum atomic E-state index is 11.9. The van der Waals surface area contributed by atoms with Crippen LogP contribution in [0.1, 0.15) is 10.5 Å². The minimum atomic E-state index is -0.216. The number of fused-ring (bicyclic) bond motifs is 1. The molecule has 3 rings (SSSR count). The SMILES string of the molecule is COCCNC(=O)c1csc(Nc2ccc3c(c2)OCO3)n1. The first-order valence-corrected chi connectivity index (χ1v) is 7.53. The van der Waals surface area contributed by atoms with E-state index >= 15 is 0 Å². The summed E-state index contributed by atoms with van der Waals surface area (Å²) >= 11 is 1.36. The van der Waals surface area contributed by atoms with Crippen molar-refractivity contribution in [3.05, 3.63) is 29.3 Å². The summed E-state index contributed by atoms with van der Waals surface area (Å²) in [4.78, 5) is 16.1. The van der Waals surface area contributed by atoms with Crippen molar-refractivity contribution in [2.24, 2.45) is 0 Å². The molecule has 2 N–H and O–H groups in total. The Balaban J connectivity index is 1.63. The first-order valence-electron chi connectivity index (χ1n) is 6.65. The molecule has 0 spiro atoms. The lowest BCUT2D eigenvalue weighted by Gasteiger charge is -2.04. The van der Waals surface area contributed by atoms with E-state index in [0.717, 1.165) is 11.4 Å². The number of carbonyl (C=O) groups is 1. The molecule has 0 saturated heterocycles. The second-order valence-corrected chi connectivity index (χ2v) is 5.34. The molecular weight excluding hydrogens is 306 g/mol. The van der Waals surface area contributed by atoms with Gasteiger partial charge in [0.2, 0.25) is 6.79 Å². The van der Waals surface area contributed by atoms with E-state index in [1.807, 2.05) is 18.2 Å². The van der Waals surface area contributed by atoms with Gasteiger partial charge in [-0.3, -0.25) is 4.79 Å². The van der Waals surface area contributed by atoms with Crippen molar-refractivity contribution in [3.8, 4) is 11.5 Å². The highest BCUT2D eigenvalue weighted by atomic mass is 32.1. The number of hydrogen-bond acceptors (Lipinski definition) is 7. The van der Waals surface area contributed by atoms with Crippen LogP contribution in [0.3, 0.4) is 0 Å². The number of methoxy groups -OCH3 is 1. The van der Waals surface area contributed by atoms with E-state index in [4.69, 9.17) is 14.2 Å². The van der Waals surface area contributed by atoms with Crippen LogP contribution >= 0.6 is 11.3 Å². The predicted molar refractivity (Wildman–Crippen MR) is 82.2 cm³/mol. The molecule has 0 fully saturated rings. The second kappa shape index (κ2) is 6.63. The smallest absolute Gasteiger partial charge is 0.270 e. The van der Waals surface area contributed by atoms with Gasteiger partial charge in [0.15, 0.2) is 16.6 Å². The van der Waals surface area contributed by atoms with Crippen LogP contribution in [0, 0.1) is 0 Å². The minimum absolute atomic E-state index is 0.216. The summed E-state index contributed by atoms with van der Waals surface area (Å²) in [7, 11) is 1.59. The number of amides is 1. The molecule has 0 atom stereocenters. The molecule has 22 heavy (non-hydrogen) atoms. The Morgan fingerprint density at radius 2 is 2.27 bits per heavy atom. The third-order valence-electron chi connectivity index (χ3n) is 2.95. The lowest BCUT2D eigenvalue weighted by Crippen LogP contribution is -2.27. The summed E-state index contributed by atoms with van der Waals surface area (Å²) in [6.07, 6.45) is 0. The van der Waals surface area contributed by atoms with Gasteiger partial charge in [0.1, 0.15) is 5.69 Å². The molecule has 0 saturated carbocycles. The summed E-state index contributed by atoms with van der Waals surface area (Å²) in [5.74, 6) is 1.20. The van der Waals surface area contributed by atoms with Crippen LogP contribution in [-0.4, -0.2) is 37.9 Å². The van der Waals surface area contributed by atoms with Crippen molar-refractivity contribution < 1.29 is 19.0 Å². The first-order chi connectivity index (χ1) is 10.8. The number of rotatable bonds is 6. The van der Waals surface area contributed by atoms with E-state index in [2.05, 4.69) is 15.6 Å². The van der Waals surface area contributed by atoms with Gasteiger partial charge in [0, 0.05) is 30.8 Å². The fourth-order valence-electron chi connectivity index (χ4n) is 1.89. The predicted octanol–water partition coefficient (Wildman–Crippen LogP) is 1.99. The van der Waals surface area contributed by atoms with Gasteiger partial charge >= 0.3 is 0 Å². The monoisotopic (exact) mass is 321 g/mol. The Labute approximate surface area is 131 Å². The van der Waals surface area contributed by atoms with E-state index in [0.29, 0.717) is 29.7 Å². The van der Waals surface area contributed by atoms with E-state index < -0.39 is 0 Å². The number of nitrogens with one attached hydrogen (secondary N) is 2. The number of anilines is 2. The summed E-state index contributed by atoms with van der Waals surface area (Å²) in [6, 6.07) is 5.53. The Morgan fingerprint density at radius 1 is 1.41 bits per heavy atom. The van der Waals surface area contributed by atoms with Crippen LogP contribution in [-0.2, 0) is 4.74 Å². The molecule has 7 nitrogen and oxygen atoms in total. The van der Waals surface area contributed by atoms with Crippen LogP contribution in [0.5, 0.6) is 11.5 Å². The highest BCUT2D eigenvalue weighted by molar-refractivity contribution is 7.14. The Morgan fingerprint density at radius 3 is 3.14 bits per heavy atom. The number of thiazole rings is 1. The van der Waals surface area contributed by atoms with Gasteiger partial charge in [-0.05, 0) is 12.1 Å². The number of carbonyl (C=O) groups excluding carboxylic acids is 1. The van der Waals surface area contributed by atoms with Crippen LogP contribution in [0.25, 0.3) is 0 Å². The molecule has 1 aliphatic heterocycles. The van der Waals surface area contributed by atoms with Gasteiger partial charge in [0.25, 0.3) is 5.91 Å². The van der Waals surface area contributed by atoms with Gasteiger partial charge in [0.05, 0.1) is 6.61 Å². The molecule has 8 heteroatoms. The third kappa shape index (κ3) is 3.29. The van der Waals surface area contributed by atoms with Gasteiger partial charge in [-0.25, -0.2) is 4.98 Å². The second-order valence-electron chi connectivity index (χ2n) is 4.48. The highest BCUT2D eigenvalue weighted by Gasteiger charge is 2.14. The van der Waals surface area contributed by atoms with Crippen LogP contribution in [0.15, 0.2) is 23.6 Å². The number of benzene rings is 1. The fourth-order valence-corrected chi connectivity index (χ4v) is 2.60. The molecular formula is C14H15N3O4S. The van der Waals surface area contributed by atoms with E-state index in [1.54, 1.807) is 12.5 Å². The van der Waals surface area contributed by atoms with E-state index in [1.165, 1.54) is 11.3 Å². The standard InChI is InChI=1S/C14H15N3O4S/c1-19-5-4-15-13(18)10-7-22-14(17-10)16-9-2-3-11-12(6-9)21-8-20-11/h2-3,6-7H,4-5,8H2,1H3,(H,15,18)(H,16,17). The number of hydrogen-bond donors (Lipinski definition) is 2. The fraction of sp³-hybridized carbons (Fsp3) is 0.286. The molecule has 1 amide bonds. The van der Waals surface area contributed by atoms with Crippen LogP contribution < -0.4 is 20.1 Å². The third-order valence-corrected chi connectivity index (χ3v) is 3.71. The molecule has 2 aromatic rings. The van der Waals surface area contributed by atoms with Gasteiger partial charge in [-0.15, -0.1) is 11.3 Å². The normalized spacial score (nSPS) is 12.2. The molecule has 0 bridgehead atoms. The van der Waals surface area contributed by atoms with Crippen molar-refractivity contribution in [1.29, 1.82) is 0 Å². The molecule has 2 heterocycles. The quantitative estimate of drug-likeness (QED) is 0.792. The van der Waals surface area contributed by atoms with Gasteiger partial charge < -0.3 is 24.8 Å². The zero-order valence-corrected chi connectivity index (χ0v) is 12.7. The first kappa shape index (κ1) is 14.6. The molecule has 0 unspecified atom stereocenters. The molecule has 1 aromatic carbocycles. The highest BCUT2D eigenvalue weighted by Crippen LogP contribution is 2.35. The molecule has 1 aromatic heterocycles. The molecule has 0 aliphatic carbocycles. The molecule has 0 radical (unpaired) electrons. The average Bonchev–Trinajstić information content (AvgIpc) is 3.16. The lowest BCUT2D eigenvalue weighted by molar-refractivity contribution is 0.0933. The summed E-state index contributed by atoms with van der Waals surface area (Å²) < 4.78 is 15.5. The van der Waals surface area contributed by atoms with Crippen molar-refractivity contribution in [2.75, 3.05) is 32.4 Å². The lowest BCUT2D eigenvalue weighted by atomic mass is 10.3. The number of nitrogens with zero attached hydrogens (tertiary/aromatic N) is 1. The topological polar surface area (TPSA) is 81.7 Å². The maximum absolute atomic E-state index is 11.9. The van der Waals surface area contributed by atoms with Gasteiger partial charge in [-0.1, -0.05) is 0 Å². The van der Waals surface area contributed by atoms with Crippen molar-refractivity contribution >= 4 is 28.1 Å². The zero-order chi connectivity index (χ0) is 15.4. The minimum Gasteiger partial charge on any atom is -0.454 e. The molecule has 116 valence electrons. The van der Waals surface area contributed by atoms with Crippen molar-refractivity contribution in [1.82, 2.24) is 10.3 Å². The van der Waals surface area contributed by atoms with Crippen molar-refractivity contribution in [3.63, 3.8) is 0 Å². The number of aromatic nitrogens is 1. The van der Waals surface area contributed by atoms with Gasteiger partial charge in [-0.2, -0.15) is 0 Å². The Hall–Kier alpha value is -2.32. The summed E-state index contributed by atoms with van der Waals surface area (Å²) in [5.41, 5.74) is 1.20. The maximum Gasteiger partial charge on any atom is 0.270 e. The van der Waals surface area contributed by atoms with E-state index in [9.17, 15) is 4.79 Å². The van der Waals surface area contributed by atoms with Crippen LogP contribution in [0.4, 0.5) is 10.8 Å². The Kier molecular flexibility index (Phi) is 4.40. The van der Waals surface area contributed by atoms with Crippen LogP contribution in [0.2, 0.25) is 0 Å².